The molecule has 1 atom stereocenters. The van der Waals surface area contributed by atoms with Crippen molar-refractivity contribution in [2.24, 2.45) is 5.92 Å². The van der Waals surface area contributed by atoms with Crippen molar-refractivity contribution in [1.29, 1.82) is 0 Å². The average molecular weight is 350 g/mol. The van der Waals surface area contributed by atoms with Crippen molar-refractivity contribution >= 4 is 17.5 Å². The van der Waals surface area contributed by atoms with E-state index in [-0.39, 0.29) is 18.6 Å². The minimum Gasteiger partial charge on any atom is -0.394 e. The van der Waals surface area contributed by atoms with Gasteiger partial charge in [0, 0.05) is 11.2 Å². The van der Waals surface area contributed by atoms with Crippen LogP contribution in [0.15, 0.2) is 30.5 Å². The number of benzene rings is 1. The summed E-state index contributed by atoms with van der Waals surface area (Å²) in [7, 11) is 0. The number of aliphatic hydroxyl groups is 1. The van der Waals surface area contributed by atoms with Gasteiger partial charge in [-0.3, -0.25) is 9.48 Å². The lowest BCUT2D eigenvalue weighted by Crippen LogP contribution is -2.38. The molecule has 1 aromatic carbocycles. The Hall–Kier alpha value is -1.85. The van der Waals surface area contributed by atoms with Gasteiger partial charge < -0.3 is 10.4 Å². The zero-order valence-electron chi connectivity index (χ0n) is 14.3. The molecule has 0 bridgehead atoms. The second-order valence-corrected chi connectivity index (χ2v) is 6.87. The second kappa shape index (κ2) is 8.31. The zero-order valence-corrected chi connectivity index (χ0v) is 15.0. The van der Waals surface area contributed by atoms with Gasteiger partial charge in [0.1, 0.15) is 0 Å². The van der Waals surface area contributed by atoms with Crippen molar-refractivity contribution in [3.05, 3.63) is 52.3 Å². The van der Waals surface area contributed by atoms with Gasteiger partial charge >= 0.3 is 0 Å². The molecule has 0 radical (unpaired) electrons. The predicted octanol–water partition coefficient (Wildman–Crippen LogP) is 3.03. The Morgan fingerprint density at radius 2 is 2.17 bits per heavy atom. The van der Waals surface area contributed by atoms with E-state index >= 15 is 0 Å². The minimum absolute atomic E-state index is 0.0698. The van der Waals surface area contributed by atoms with Crippen LogP contribution in [-0.4, -0.2) is 33.4 Å². The number of nitrogens with one attached hydrogen (secondary N) is 1. The number of hydrogen-bond donors (Lipinski definition) is 2. The van der Waals surface area contributed by atoms with Crippen molar-refractivity contribution < 1.29 is 9.90 Å². The standard InChI is InChI=1S/C18H24ClN3O2/c1-12(2)7-16(11-23)20-18(24)17-10-22(21-13(17)3)9-14-5-4-6-15(19)8-14/h4-6,8,10,12,16,23H,7,9,11H2,1-3H3,(H,20,24). The fourth-order valence-corrected chi connectivity index (χ4v) is 2.87. The SMILES string of the molecule is Cc1nn(Cc2cccc(Cl)c2)cc1C(=O)NC(CO)CC(C)C. The molecule has 0 aliphatic rings. The number of hydrogen-bond acceptors (Lipinski definition) is 3. The van der Waals surface area contributed by atoms with Crippen molar-refractivity contribution in [3.8, 4) is 0 Å². The number of halogens is 1. The predicted molar refractivity (Wildman–Crippen MR) is 95.3 cm³/mol. The number of aromatic nitrogens is 2. The van der Waals surface area contributed by atoms with Crippen LogP contribution in [0.3, 0.4) is 0 Å². The maximum Gasteiger partial charge on any atom is 0.255 e. The Bertz CT molecular complexity index is 697. The molecule has 1 amide bonds. The van der Waals surface area contributed by atoms with Crippen LogP contribution >= 0.6 is 11.6 Å². The van der Waals surface area contributed by atoms with Gasteiger partial charge in [-0.1, -0.05) is 37.6 Å². The topological polar surface area (TPSA) is 67.2 Å². The summed E-state index contributed by atoms with van der Waals surface area (Å²) < 4.78 is 1.73. The summed E-state index contributed by atoms with van der Waals surface area (Å²) in [5.41, 5.74) is 2.21. The summed E-state index contributed by atoms with van der Waals surface area (Å²) in [6.45, 7) is 6.40. The minimum atomic E-state index is -0.242. The van der Waals surface area contributed by atoms with E-state index in [0.29, 0.717) is 28.7 Å². The molecular formula is C18H24ClN3O2. The van der Waals surface area contributed by atoms with E-state index in [4.69, 9.17) is 11.6 Å². The molecule has 130 valence electrons. The third-order valence-corrected chi connectivity index (χ3v) is 3.97. The van der Waals surface area contributed by atoms with Gasteiger partial charge in [-0.2, -0.15) is 5.10 Å². The molecule has 0 fully saturated rings. The molecule has 1 unspecified atom stereocenters. The smallest absolute Gasteiger partial charge is 0.255 e. The molecular weight excluding hydrogens is 326 g/mol. The molecule has 0 aliphatic carbocycles. The van der Waals surface area contributed by atoms with E-state index in [1.165, 1.54) is 0 Å². The molecule has 2 N–H and O–H groups in total. The van der Waals surface area contributed by atoms with E-state index in [2.05, 4.69) is 24.3 Å². The first kappa shape index (κ1) is 18.5. The Labute approximate surface area is 147 Å². The van der Waals surface area contributed by atoms with Gasteiger partial charge in [-0.25, -0.2) is 0 Å². The van der Waals surface area contributed by atoms with E-state index in [9.17, 15) is 9.90 Å². The van der Waals surface area contributed by atoms with Gasteiger partial charge in [0.15, 0.2) is 0 Å². The lowest BCUT2D eigenvalue weighted by atomic mass is 10.0. The maximum absolute atomic E-state index is 12.4. The van der Waals surface area contributed by atoms with Gasteiger partial charge in [0.25, 0.3) is 5.91 Å². The first-order valence-corrected chi connectivity index (χ1v) is 8.47. The van der Waals surface area contributed by atoms with Crippen LogP contribution in [0.25, 0.3) is 0 Å². The maximum atomic E-state index is 12.4. The summed E-state index contributed by atoms with van der Waals surface area (Å²) in [5.74, 6) is 0.193. The number of rotatable bonds is 7. The fourth-order valence-electron chi connectivity index (χ4n) is 2.66. The first-order chi connectivity index (χ1) is 11.4. The van der Waals surface area contributed by atoms with Crippen LogP contribution < -0.4 is 5.32 Å². The number of carbonyl (C=O) groups is 1. The molecule has 1 heterocycles. The van der Waals surface area contributed by atoms with Crippen LogP contribution in [0.1, 0.15) is 41.9 Å². The second-order valence-electron chi connectivity index (χ2n) is 6.44. The third kappa shape index (κ3) is 5.08. The van der Waals surface area contributed by atoms with E-state index < -0.39 is 0 Å². The van der Waals surface area contributed by atoms with Crippen molar-refractivity contribution in [2.45, 2.75) is 39.8 Å². The zero-order chi connectivity index (χ0) is 17.7. The molecule has 0 spiro atoms. The molecule has 2 aromatic rings. The molecule has 6 heteroatoms. The van der Waals surface area contributed by atoms with Crippen molar-refractivity contribution in [2.75, 3.05) is 6.61 Å². The van der Waals surface area contributed by atoms with Gasteiger partial charge in [-0.05, 0) is 37.0 Å². The van der Waals surface area contributed by atoms with Gasteiger partial charge in [0.2, 0.25) is 0 Å². The van der Waals surface area contributed by atoms with E-state index in [1.807, 2.05) is 24.3 Å². The molecule has 2 rings (SSSR count). The Kier molecular flexibility index (Phi) is 6.40. The number of aryl methyl sites for hydroxylation is 1. The lowest BCUT2D eigenvalue weighted by molar-refractivity contribution is 0.0907. The fraction of sp³-hybridized carbons (Fsp3) is 0.444. The van der Waals surface area contributed by atoms with E-state index in [0.717, 1.165) is 12.0 Å². The van der Waals surface area contributed by atoms with Crippen LogP contribution in [-0.2, 0) is 6.54 Å². The first-order valence-electron chi connectivity index (χ1n) is 8.09. The Morgan fingerprint density at radius 3 is 2.79 bits per heavy atom. The van der Waals surface area contributed by atoms with Crippen LogP contribution in [0.2, 0.25) is 5.02 Å². The number of amides is 1. The third-order valence-electron chi connectivity index (χ3n) is 3.74. The Balaban J connectivity index is 2.08. The number of aliphatic hydroxyl groups excluding tert-OH is 1. The van der Waals surface area contributed by atoms with E-state index in [1.54, 1.807) is 17.8 Å². The van der Waals surface area contributed by atoms with Crippen molar-refractivity contribution in [1.82, 2.24) is 15.1 Å². The Morgan fingerprint density at radius 1 is 1.42 bits per heavy atom. The molecule has 0 saturated heterocycles. The summed E-state index contributed by atoms with van der Waals surface area (Å²) in [6, 6.07) is 7.31. The van der Waals surface area contributed by atoms with Gasteiger partial charge in [0.05, 0.1) is 30.5 Å². The van der Waals surface area contributed by atoms with Crippen LogP contribution in [0.5, 0.6) is 0 Å². The average Bonchev–Trinajstić information content (AvgIpc) is 2.86. The molecule has 5 nitrogen and oxygen atoms in total. The van der Waals surface area contributed by atoms with Crippen LogP contribution in [0.4, 0.5) is 0 Å². The van der Waals surface area contributed by atoms with Crippen LogP contribution in [0, 0.1) is 12.8 Å². The summed E-state index contributed by atoms with van der Waals surface area (Å²) in [6.07, 6.45) is 2.47. The molecule has 24 heavy (non-hydrogen) atoms. The number of nitrogens with zero attached hydrogens (tertiary/aromatic N) is 2. The quantitative estimate of drug-likeness (QED) is 0.807. The summed E-state index contributed by atoms with van der Waals surface area (Å²) in [4.78, 5) is 12.4. The molecule has 1 aromatic heterocycles. The summed E-state index contributed by atoms with van der Waals surface area (Å²) in [5, 5.41) is 17.4. The largest absolute Gasteiger partial charge is 0.394 e. The highest BCUT2D eigenvalue weighted by Crippen LogP contribution is 2.14. The van der Waals surface area contributed by atoms with Crippen molar-refractivity contribution in [3.63, 3.8) is 0 Å². The highest BCUT2D eigenvalue weighted by molar-refractivity contribution is 6.30. The van der Waals surface area contributed by atoms with Gasteiger partial charge in [-0.15, -0.1) is 0 Å². The highest BCUT2D eigenvalue weighted by atomic mass is 35.5. The highest BCUT2D eigenvalue weighted by Gasteiger charge is 2.18. The monoisotopic (exact) mass is 349 g/mol. The lowest BCUT2D eigenvalue weighted by Gasteiger charge is -2.17. The number of carbonyl (C=O) groups excluding carboxylic acids is 1. The normalized spacial score (nSPS) is 12.4. The molecule has 0 saturated carbocycles. The molecule has 0 aliphatic heterocycles. The summed E-state index contributed by atoms with van der Waals surface area (Å²) >= 11 is 6.00.